The average Bonchev–Trinajstić information content (AvgIpc) is 3.16. The summed E-state index contributed by atoms with van der Waals surface area (Å²) in [5, 5.41) is 3.84. The Kier molecular flexibility index (Phi) is 5.83. The summed E-state index contributed by atoms with van der Waals surface area (Å²) in [7, 11) is 0. The second kappa shape index (κ2) is 8.55. The second-order valence-electron chi connectivity index (χ2n) is 7.25. The highest BCUT2D eigenvalue weighted by atomic mass is 32.1. The summed E-state index contributed by atoms with van der Waals surface area (Å²) in [5.41, 5.74) is 2.53. The molecule has 0 aliphatic carbocycles. The number of carbonyl (C=O) groups is 1. The summed E-state index contributed by atoms with van der Waals surface area (Å²) in [5.74, 6) is -0.118. The van der Waals surface area contributed by atoms with Gasteiger partial charge in [0.15, 0.2) is 0 Å². The van der Waals surface area contributed by atoms with E-state index in [1.54, 1.807) is 23.5 Å². The van der Waals surface area contributed by atoms with E-state index in [2.05, 4.69) is 5.32 Å². The van der Waals surface area contributed by atoms with Crippen LogP contribution in [-0.2, 0) is 12.6 Å². The zero-order valence-corrected chi connectivity index (χ0v) is 17.6. The minimum atomic E-state index is -4.35. The Bertz CT molecular complexity index is 1240. The van der Waals surface area contributed by atoms with Gasteiger partial charge in [0.2, 0.25) is 0 Å². The lowest BCUT2D eigenvalue weighted by Gasteiger charge is -2.08. The van der Waals surface area contributed by atoms with E-state index in [9.17, 15) is 18.0 Å². The summed E-state index contributed by atoms with van der Waals surface area (Å²) in [6.45, 7) is 2.43. The third-order valence-corrected chi connectivity index (χ3v) is 6.19. The normalized spacial score (nSPS) is 11.6. The Morgan fingerprint density at radius 2 is 1.74 bits per heavy atom. The fraction of sp³-hybridized carbons (Fsp3) is 0.160. The van der Waals surface area contributed by atoms with Crippen molar-refractivity contribution in [1.29, 1.82) is 0 Å². The van der Waals surface area contributed by atoms with Crippen LogP contribution in [0, 0.1) is 0 Å². The monoisotopic (exact) mass is 439 g/mol. The van der Waals surface area contributed by atoms with Gasteiger partial charge in [0, 0.05) is 28.1 Å². The molecule has 0 radical (unpaired) electrons. The molecule has 3 aromatic carbocycles. The highest BCUT2D eigenvalue weighted by Gasteiger charge is 2.30. The Labute approximate surface area is 182 Å². The minimum absolute atomic E-state index is 0.118. The Hall–Kier alpha value is -3.12. The third-order valence-electron chi connectivity index (χ3n) is 5.00. The molecule has 0 unspecified atom stereocenters. The lowest BCUT2D eigenvalue weighted by Crippen LogP contribution is -2.22. The van der Waals surface area contributed by atoms with Gasteiger partial charge in [0.05, 0.1) is 5.56 Å². The zero-order chi connectivity index (χ0) is 22.0. The second-order valence-corrected chi connectivity index (χ2v) is 8.39. The van der Waals surface area contributed by atoms with E-state index in [4.69, 9.17) is 0 Å². The Balaban J connectivity index is 1.69. The predicted molar refractivity (Wildman–Crippen MR) is 120 cm³/mol. The highest BCUT2D eigenvalue weighted by Crippen LogP contribution is 2.36. The van der Waals surface area contributed by atoms with Gasteiger partial charge in [-0.25, -0.2) is 0 Å². The van der Waals surface area contributed by atoms with Crippen molar-refractivity contribution in [2.24, 2.45) is 0 Å². The fourth-order valence-electron chi connectivity index (χ4n) is 3.58. The number of halogens is 3. The quantitative estimate of drug-likeness (QED) is 0.359. The number of carbonyl (C=O) groups excluding carboxylic acids is 1. The van der Waals surface area contributed by atoms with Crippen molar-refractivity contribution >= 4 is 27.3 Å². The third kappa shape index (κ3) is 4.64. The first-order chi connectivity index (χ1) is 14.8. The van der Waals surface area contributed by atoms with E-state index in [1.807, 2.05) is 49.4 Å². The van der Waals surface area contributed by atoms with Crippen LogP contribution in [0.1, 0.15) is 33.3 Å². The molecule has 4 rings (SSSR count). The van der Waals surface area contributed by atoms with Gasteiger partial charge in [-0.05, 0) is 53.3 Å². The Morgan fingerprint density at radius 3 is 2.52 bits per heavy atom. The molecular formula is C25H20F3NOS. The van der Waals surface area contributed by atoms with Crippen molar-refractivity contribution in [3.05, 3.63) is 94.4 Å². The lowest BCUT2D eigenvalue weighted by atomic mass is 10.0. The molecule has 0 atom stereocenters. The average molecular weight is 440 g/mol. The minimum Gasteiger partial charge on any atom is -0.352 e. The van der Waals surface area contributed by atoms with Crippen molar-refractivity contribution in [3.8, 4) is 11.1 Å². The fourth-order valence-corrected chi connectivity index (χ4v) is 4.81. The van der Waals surface area contributed by atoms with Gasteiger partial charge in [-0.2, -0.15) is 13.2 Å². The van der Waals surface area contributed by atoms with Crippen molar-refractivity contribution in [2.75, 3.05) is 6.54 Å². The van der Waals surface area contributed by atoms with Gasteiger partial charge in [0.25, 0.3) is 5.91 Å². The molecule has 0 saturated heterocycles. The zero-order valence-electron chi connectivity index (χ0n) is 16.8. The number of benzene rings is 3. The number of fused-ring (bicyclic) bond motifs is 1. The van der Waals surface area contributed by atoms with Gasteiger partial charge in [0.1, 0.15) is 0 Å². The van der Waals surface area contributed by atoms with Crippen LogP contribution in [0.25, 0.3) is 21.2 Å². The Morgan fingerprint density at radius 1 is 0.968 bits per heavy atom. The number of alkyl halides is 3. The standard InChI is InChI=1S/C25H20F3NOS/c1-2-29-24(30)19-9-4-7-17(14-19)22-11-5-8-18-15-21(31-23(18)22)13-16-6-3-10-20(12-16)25(26,27)28/h3-12,14-15H,2,13H2,1H3,(H,29,30). The number of amides is 1. The van der Waals surface area contributed by atoms with E-state index >= 15 is 0 Å². The van der Waals surface area contributed by atoms with Gasteiger partial charge in [-0.15, -0.1) is 11.3 Å². The molecule has 4 aromatic rings. The first kappa shape index (κ1) is 21.1. The molecule has 0 fully saturated rings. The molecule has 0 aliphatic rings. The van der Waals surface area contributed by atoms with Crippen LogP contribution in [0.2, 0.25) is 0 Å². The van der Waals surface area contributed by atoms with Crippen LogP contribution in [0.3, 0.4) is 0 Å². The van der Waals surface area contributed by atoms with Crippen molar-refractivity contribution in [3.63, 3.8) is 0 Å². The summed E-state index contributed by atoms with van der Waals surface area (Å²) in [6, 6.07) is 20.9. The SMILES string of the molecule is CCNC(=O)c1cccc(-c2cccc3cc(Cc4cccc(C(F)(F)F)c4)sc23)c1. The predicted octanol–water partition coefficient (Wildman–Crippen LogP) is 6.93. The maximum Gasteiger partial charge on any atom is 0.416 e. The topological polar surface area (TPSA) is 29.1 Å². The number of hydrogen-bond acceptors (Lipinski definition) is 2. The lowest BCUT2D eigenvalue weighted by molar-refractivity contribution is -0.137. The van der Waals surface area contributed by atoms with Crippen LogP contribution in [0.15, 0.2) is 72.8 Å². The first-order valence-electron chi connectivity index (χ1n) is 9.91. The van der Waals surface area contributed by atoms with Crippen molar-refractivity contribution in [2.45, 2.75) is 19.5 Å². The van der Waals surface area contributed by atoms with E-state index in [0.29, 0.717) is 24.1 Å². The van der Waals surface area contributed by atoms with Crippen LogP contribution in [0.4, 0.5) is 13.2 Å². The molecule has 0 aliphatic heterocycles. The molecular weight excluding hydrogens is 419 g/mol. The van der Waals surface area contributed by atoms with Gasteiger partial charge < -0.3 is 5.32 Å². The summed E-state index contributed by atoms with van der Waals surface area (Å²) in [6.07, 6.45) is -3.92. The smallest absolute Gasteiger partial charge is 0.352 e. The van der Waals surface area contributed by atoms with Crippen LogP contribution >= 0.6 is 11.3 Å². The molecule has 1 heterocycles. The molecule has 1 N–H and O–H groups in total. The van der Waals surface area contributed by atoms with E-state index in [1.165, 1.54) is 12.1 Å². The largest absolute Gasteiger partial charge is 0.416 e. The van der Waals surface area contributed by atoms with E-state index in [0.717, 1.165) is 32.2 Å². The van der Waals surface area contributed by atoms with Gasteiger partial charge in [-0.3, -0.25) is 4.79 Å². The van der Waals surface area contributed by atoms with Crippen LogP contribution < -0.4 is 5.32 Å². The maximum atomic E-state index is 13.0. The van der Waals surface area contributed by atoms with E-state index < -0.39 is 11.7 Å². The molecule has 158 valence electrons. The number of hydrogen-bond donors (Lipinski definition) is 1. The number of nitrogens with one attached hydrogen (secondary N) is 1. The van der Waals surface area contributed by atoms with Gasteiger partial charge in [-0.1, -0.05) is 48.5 Å². The number of rotatable bonds is 5. The van der Waals surface area contributed by atoms with Gasteiger partial charge >= 0.3 is 6.18 Å². The molecule has 0 saturated carbocycles. The molecule has 2 nitrogen and oxygen atoms in total. The molecule has 0 bridgehead atoms. The van der Waals surface area contributed by atoms with Crippen LogP contribution in [-0.4, -0.2) is 12.5 Å². The molecule has 1 amide bonds. The summed E-state index contributed by atoms with van der Waals surface area (Å²) >= 11 is 1.57. The highest BCUT2D eigenvalue weighted by molar-refractivity contribution is 7.19. The first-order valence-corrected chi connectivity index (χ1v) is 10.7. The summed E-state index contributed by atoms with van der Waals surface area (Å²) < 4.78 is 40.1. The maximum absolute atomic E-state index is 13.0. The van der Waals surface area contributed by atoms with Crippen molar-refractivity contribution < 1.29 is 18.0 Å². The molecule has 0 spiro atoms. The van der Waals surface area contributed by atoms with Crippen molar-refractivity contribution in [1.82, 2.24) is 5.32 Å². The molecule has 6 heteroatoms. The molecule has 31 heavy (non-hydrogen) atoms. The molecule has 1 aromatic heterocycles. The van der Waals surface area contributed by atoms with E-state index in [-0.39, 0.29) is 5.91 Å². The summed E-state index contributed by atoms with van der Waals surface area (Å²) in [4.78, 5) is 13.2. The number of thiophene rings is 1. The van der Waals surface area contributed by atoms with Crippen LogP contribution in [0.5, 0.6) is 0 Å².